The smallest absolute Gasteiger partial charge is 0.310 e. The molecule has 0 aliphatic carbocycles. The van der Waals surface area contributed by atoms with Crippen molar-refractivity contribution in [3.63, 3.8) is 0 Å². The van der Waals surface area contributed by atoms with Crippen molar-refractivity contribution in [1.82, 2.24) is 9.80 Å². The van der Waals surface area contributed by atoms with Gasteiger partial charge in [0, 0.05) is 18.7 Å². The number of rotatable bonds is 11. The summed E-state index contributed by atoms with van der Waals surface area (Å²) < 4.78 is 9.95. The van der Waals surface area contributed by atoms with Gasteiger partial charge < -0.3 is 19.3 Å². The van der Waals surface area contributed by atoms with Gasteiger partial charge in [-0.25, -0.2) is 0 Å². The Morgan fingerprint density at radius 3 is 2.15 bits per heavy atom. The molecule has 0 bridgehead atoms. The molecule has 26 heavy (non-hydrogen) atoms. The Labute approximate surface area is 157 Å². The summed E-state index contributed by atoms with van der Waals surface area (Å²) in [5.41, 5.74) is 0.589. The normalized spacial score (nSPS) is 11.9. The van der Waals surface area contributed by atoms with Gasteiger partial charge in [-0.05, 0) is 50.3 Å². The van der Waals surface area contributed by atoms with Crippen LogP contribution in [-0.2, 0) is 9.53 Å². The highest BCUT2D eigenvalue weighted by molar-refractivity contribution is 5.94. The number of hydrogen-bond acceptors (Lipinski definition) is 5. The van der Waals surface area contributed by atoms with E-state index in [9.17, 15) is 9.59 Å². The van der Waals surface area contributed by atoms with E-state index in [4.69, 9.17) is 9.47 Å². The van der Waals surface area contributed by atoms with Crippen LogP contribution in [0.15, 0.2) is 24.3 Å². The predicted octanol–water partition coefficient (Wildman–Crippen LogP) is 2.68. The van der Waals surface area contributed by atoms with Crippen LogP contribution >= 0.6 is 0 Å². The minimum atomic E-state index is -0.365. The molecule has 0 aliphatic rings. The molecule has 0 aliphatic heterocycles. The van der Waals surface area contributed by atoms with Gasteiger partial charge in [0.2, 0.25) is 0 Å². The third-order valence-corrected chi connectivity index (χ3v) is 4.52. The van der Waals surface area contributed by atoms with Crippen molar-refractivity contribution in [3.05, 3.63) is 29.8 Å². The van der Waals surface area contributed by atoms with Crippen molar-refractivity contribution in [2.75, 3.05) is 46.9 Å². The predicted molar refractivity (Wildman–Crippen MR) is 102 cm³/mol. The van der Waals surface area contributed by atoms with E-state index in [0.717, 1.165) is 26.1 Å². The summed E-state index contributed by atoms with van der Waals surface area (Å²) in [4.78, 5) is 28.8. The number of ether oxygens (including phenoxy) is 2. The third-order valence-electron chi connectivity index (χ3n) is 4.52. The van der Waals surface area contributed by atoms with Gasteiger partial charge in [0.1, 0.15) is 5.75 Å². The molecular formula is C20H32N2O4. The molecule has 146 valence electrons. The summed E-state index contributed by atoms with van der Waals surface area (Å²) in [6, 6.07) is 7.04. The van der Waals surface area contributed by atoms with E-state index in [1.165, 1.54) is 7.11 Å². The molecule has 6 heteroatoms. The zero-order valence-electron chi connectivity index (χ0n) is 16.7. The van der Waals surface area contributed by atoms with Crippen LogP contribution < -0.4 is 4.74 Å². The number of nitrogens with zero attached hydrogens (tertiary/aromatic N) is 2. The highest BCUT2D eigenvalue weighted by Gasteiger charge is 2.22. The van der Waals surface area contributed by atoms with E-state index in [1.54, 1.807) is 43.2 Å². The number of benzene rings is 1. The first-order valence-corrected chi connectivity index (χ1v) is 9.20. The lowest BCUT2D eigenvalue weighted by molar-refractivity contribution is -0.145. The van der Waals surface area contributed by atoms with Gasteiger partial charge in [-0.1, -0.05) is 20.8 Å². The van der Waals surface area contributed by atoms with E-state index in [0.29, 0.717) is 24.4 Å². The van der Waals surface area contributed by atoms with Crippen LogP contribution in [0.5, 0.6) is 5.75 Å². The summed E-state index contributed by atoms with van der Waals surface area (Å²) >= 11 is 0. The van der Waals surface area contributed by atoms with E-state index in [2.05, 4.69) is 18.7 Å². The Morgan fingerprint density at radius 1 is 1.04 bits per heavy atom. The van der Waals surface area contributed by atoms with Crippen molar-refractivity contribution >= 4 is 11.9 Å². The number of methoxy groups -OCH3 is 2. The van der Waals surface area contributed by atoms with Crippen molar-refractivity contribution in [2.24, 2.45) is 5.92 Å². The largest absolute Gasteiger partial charge is 0.497 e. The van der Waals surface area contributed by atoms with Crippen LogP contribution in [0.25, 0.3) is 0 Å². The van der Waals surface area contributed by atoms with Crippen molar-refractivity contribution in [3.8, 4) is 5.75 Å². The number of hydrogen-bond donors (Lipinski definition) is 0. The fraction of sp³-hybridized carbons (Fsp3) is 0.600. The maximum absolute atomic E-state index is 12.9. The summed E-state index contributed by atoms with van der Waals surface area (Å²) in [5.74, 6) is -0.0440. The number of carbonyl (C=O) groups excluding carboxylic acids is 2. The third kappa shape index (κ3) is 6.67. The van der Waals surface area contributed by atoms with Crippen molar-refractivity contribution in [2.45, 2.75) is 27.2 Å². The van der Waals surface area contributed by atoms with Gasteiger partial charge in [0.05, 0.1) is 20.1 Å². The maximum Gasteiger partial charge on any atom is 0.310 e. The zero-order valence-corrected chi connectivity index (χ0v) is 16.7. The monoisotopic (exact) mass is 364 g/mol. The molecule has 0 aromatic heterocycles. The van der Waals surface area contributed by atoms with Crippen molar-refractivity contribution < 1.29 is 19.1 Å². The molecule has 1 aromatic carbocycles. The highest BCUT2D eigenvalue weighted by atomic mass is 16.5. The first kappa shape index (κ1) is 22.0. The van der Waals surface area contributed by atoms with Gasteiger partial charge in [0.25, 0.3) is 5.91 Å². The molecular weight excluding hydrogens is 332 g/mol. The maximum atomic E-state index is 12.9. The lowest BCUT2D eigenvalue weighted by Crippen LogP contribution is -2.39. The van der Waals surface area contributed by atoms with E-state index < -0.39 is 0 Å². The lowest BCUT2D eigenvalue weighted by atomic mass is 10.1. The number of carbonyl (C=O) groups is 2. The van der Waals surface area contributed by atoms with Crippen LogP contribution in [-0.4, -0.2) is 68.6 Å². The van der Waals surface area contributed by atoms with Crippen molar-refractivity contribution in [1.29, 1.82) is 0 Å². The Balaban J connectivity index is 2.83. The van der Waals surface area contributed by atoms with Crippen LogP contribution in [0.2, 0.25) is 0 Å². The molecule has 0 saturated carbocycles. The molecule has 6 nitrogen and oxygen atoms in total. The lowest BCUT2D eigenvalue weighted by Gasteiger charge is -2.27. The topological polar surface area (TPSA) is 59.1 Å². The van der Waals surface area contributed by atoms with E-state index in [1.807, 2.05) is 0 Å². The Kier molecular flexibility index (Phi) is 9.73. The molecule has 0 heterocycles. The van der Waals surface area contributed by atoms with E-state index in [-0.39, 0.29) is 17.8 Å². The summed E-state index contributed by atoms with van der Waals surface area (Å²) in [6.45, 7) is 9.88. The molecule has 1 unspecified atom stereocenters. The van der Waals surface area contributed by atoms with Crippen LogP contribution in [0, 0.1) is 5.92 Å². The SMILES string of the molecule is CCN(CC)CCCN(CC(C)C(=O)OC)C(=O)c1ccc(OC)cc1. The Hall–Kier alpha value is -2.08. The molecule has 1 rings (SSSR count). The van der Waals surface area contributed by atoms with Crippen LogP contribution in [0.1, 0.15) is 37.6 Å². The average Bonchev–Trinajstić information content (AvgIpc) is 2.69. The summed E-state index contributed by atoms with van der Waals surface area (Å²) in [7, 11) is 2.96. The van der Waals surface area contributed by atoms with Gasteiger partial charge in [-0.2, -0.15) is 0 Å². The van der Waals surface area contributed by atoms with Gasteiger partial charge >= 0.3 is 5.97 Å². The molecule has 0 radical (unpaired) electrons. The second-order valence-corrected chi connectivity index (χ2v) is 6.28. The van der Waals surface area contributed by atoms with Gasteiger partial charge in [0.15, 0.2) is 0 Å². The second kappa shape index (κ2) is 11.5. The minimum Gasteiger partial charge on any atom is -0.497 e. The molecule has 1 amide bonds. The fourth-order valence-corrected chi connectivity index (χ4v) is 2.82. The molecule has 0 fully saturated rings. The molecule has 1 aromatic rings. The molecule has 0 N–H and O–H groups in total. The average molecular weight is 364 g/mol. The minimum absolute atomic E-state index is 0.0806. The number of esters is 1. The van der Waals surface area contributed by atoms with Crippen LogP contribution in [0.3, 0.4) is 0 Å². The second-order valence-electron chi connectivity index (χ2n) is 6.28. The standard InChI is InChI=1S/C20H32N2O4/c1-6-21(7-2)13-8-14-22(15-16(3)20(24)26-5)19(23)17-9-11-18(25-4)12-10-17/h9-12,16H,6-8,13-15H2,1-5H3. The van der Waals surface area contributed by atoms with Gasteiger partial charge in [-0.15, -0.1) is 0 Å². The molecule has 0 spiro atoms. The first-order valence-electron chi connectivity index (χ1n) is 9.20. The van der Waals surface area contributed by atoms with E-state index >= 15 is 0 Å². The first-order chi connectivity index (χ1) is 12.5. The Morgan fingerprint density at radius 2 is 1.65 bits per heavy atom. The summed E-state index contributed by atoms with van der Waals surface area (Å²) in [5, 5.41) is 0. The molecule has 0 saturated heterocycles. The Bertz CT molecular complexity index is 555. The summed E-state index contributed by atoms with van der Waals surface area (Å²) in [6.07, 6.45) is 0.859. The zero-order chi connectivity index (χ0) is 19.5. The highest BCUT2D eigenvalue weighted by Crippen LogP contribution is 2.15. The fourth-order valence-electron chi connectivity index (χ4n) is 2.82. The number of amides is 1. The quantitative estimate of drug-likeness (QED) is 0.565. The van der Waals surface area contributed by atoms with Crippen LogP contribution in [0.4, 0.5) is 0 Å². The molecule has 1 atom stereocenters. The van der Waals surface area contributed by atoms with Gasteiger partial charge in [-0.3, -0.25) is 9.59 Å².